The quantitative estimate of drug-likeness (QED) is 0.848. The molecule has 1 aromatic rings. The number of carbonyl (C=O) groups excluding carboxylic acids is 1. The molecule has 0 saturated carbocycles. The third-order valence-corrected chi connectivity index (χ3v) is 3.58. The van der Waals surface area contributed by atoms with E-state index in [2.05, 4.69) is 4.98 Å². The Hall–Kier alpha value is -2.37. The van der Waals surface area contributed by atoms with Gasteiger partial charge in [0.25, 0.3) is 0 Å². The Morgan fingerprint density at radius 3 is 2.61 bits per heavy atom. The number of esters is 1. The van der Waals surface area contributed by atoms with E-state index in [0.29, 0.717) is 5.69 Å². The maximum absolute atomic E-state index is 12.2. The predicted octanol–water partition coefficient (Wildman–Crippen LogP) is 2.72. The van der Waals surface area contributed by atoms with Gasteiger partial charge in [-0.25, -0.2) is 4.79 Å². The van der Waals surface area contributed by atoms with E-state index in [9.17, 15) is 14.7 Å². The fraction of sp³-hybridized carbons (Fsp3) is 0.471. The molecule has 0 bridgehead atoms. The van der Waals surface area contributed by atoms with Crippen molar-refractivity contribution >= 4 is 17.6 Å². The van der Waals surface area contributed by atoms with Crippen LogP contribution in [-0.4, -0.2) is 46.2 Å². The molecule has 23 heavy (non-hydrogen) atoms. The van der Waals surface area contributed by atoms with Gasteiger partial charge in [-0.3, -0.25) is 9.78 Å². The summed E-state index contributed by atoms with van der Waals surface area (Å²) in [6.07, 6.45) is 0.0789. The highest BCUT2D eigenvalue weighted by molar-refractivity contribution is 5.79. The summed E-state index contributed by atoms with van der Waals surface area (Å²) in [5, 5.41) is 9.19. The molecule has 0 unspecified atom stereocenters. The van der Waals surface area contributed by atoms with Gasteiger partial charge in [0.05, 0.1) is 17.7 Å². The lowest BCUT2D eigenvalue weighted by Crippen LogP contribution is -2.43. The smallest absolute Gasteiger partial charge is 0.407 e. The number of aryl methyl sites for hydroxylation is 1. The number of nitrogens with zero attached hydrogens (tertiary/aromatic N) is 2. The fourth-order valence-electron chi connectivity index (χ4n) is 2.25. The van der Waals surface area contributed by atoms with Gasteiger partial charge >= 0.3 is 12.1 Å². The van der Waals surface area contributed by atoms with E-state index in [-0.39, 0.29) is 19.1 Å². The fourth-order valence-corrected chi connectivity index (χ4v) is 2.25. The normalized spacial score (nSPS) is 18.3. The molecule has 0 saturated heterocycles. The minimum absolute atomic E-state index is 0.110. The Morgan fingerprint density at radius 1 is 1.35 bits per heavy atom. The maximum atomic E-state index is 12.2. The minimum atomic E-state index is -1.03. The first-order valence-corrected chi connectivity index (χ1v) is 7.51. The summed E-state index contributed by atoms with van der Waals surface area (Å²) in [4.78, 5) is 29.1. The van der Waals surface area contributed by atoms with E-state index in [1.807, 2.05) is 25.1 Å². The van der Waals surface area contributed by atoms with Crippen molar-refractivity contribution in [3.63, 3.8) is 0 Å². The van der Waals surface area contributed by atoms with Crippen LogP contribution in [0.5, 0.6) is 0 Å². The molecule has 0 aliphatic carbocycles. The summed E-state index contributed by atoms with van der Waals surface area (Å²) in [6, 6.07) is 5.60. The van der Waals surface area contributed by atoms with Gasteiger partial charge in [-0.1, -0.05) is 12.1 Å². The highest BCUT2D eigenvalue weighted by Crippen LogP contribution is 2.27. The molecule has 1 N–H and O–H groups in total. The largest absolute Gasteiger partial charge is 0.465 e. The van der Waals surface area contributed by atoms with E-state index < -0.39 is 17.6 Å². The zero-order chi connectivity index (χ0) is 17.2. The zero-order valence-electron chi connectivity index (χ0n) is 13.9. The van der Waals surface area contributed by atoms with Gasteiger partial charge in [-0.15, -0.1) is 0 Å². The molecule has 1 atom stereocenters. The first-order valence-electron chi connectivity index (χ1n) is 7.51. The van der Waals surface area contributed by atoms with Crippen molar-refractivity contribution in [2.45, 2.75) is 33.8 Å². The van der Waals surface area contributed by atoms with Gasteiger partial charge in [-0.2, -0.15) is 0 Å². The number of hydrogen-bond donors (Lipinski definition) is 1. The number of aromatic nitrogens is 1. The van der Waals surface area contributed by atoms with Crippen LogP contribution < -0.4 is 0 Å². The predicted molar refractivity (Wildman–Crippen MR) is 85.9 cm³/mol. The standard InChI is InChI=1S/C17H22N2O4/c1-11-6-5-7-13(18-11)12-8-9-19(16(21)22)10-14(12)23-15(20)17(2,3)4/h5-8,14H,9-10H2,1-4H3,(H,21,22)/t14-/m0/s1. The molecular formula is C17H22N2O4. The highest BCUT2D eigenvalue weighted by Gasteiger charge is 2.33. The van der Waals surface area contributed by atoms with Gasteiger partial charge < -0.3 is 14.7 Å². The number of pyridine rings is 1. The molecule has 0 fully saturated rings. The van der Waals surface area contributed by atoms with Crippen molar-refractivity contribution in [3.05, 3.63) is 35.7 Å². The number of amides is 1. The Kier molecular flexibility index (Phi) is 4.73. The summed E-state index contributed by atoms with van der Waals surface area (Å²) in [6.45, 7) is 7.54. The van der Waals surface area contributed by atoms with Gasteiger partial charge in [0, 0.05) is 17.8 Å². The lowest BCUT2D eigenvalue weighted by molar-refractivity contribution is -0.156. The SMILES string of the molecule is Cc1cccc(C2=CCN(C(=O)O)C[C@@H]2OC(=O)C(C)(C)C)n1. The molecule has 6 heteroatoms. The summed E-state index contributed by atoms with van der Waals surface area (Å²) < 4.78 is 5.59. The molecule has 1 aromatic heterocycles. The molecule has 0 spiro atoms. The van der Waals surface area contributed by atoms with E-state index in [0.717, 1.165) is 11.3 Å². The van der Waals surface area contributed by atoms with Crippen molar-refractivity contribution in [2.75, 3.05) is 13.1 Å². The van der Waals surface area contributed by atoms with Crippen LogP contribution in [0, 0.1) is 12.3 Å². The molecule has 1 aliphatic rings. The topological polar surface area (TPSA) is 79.7 Å². The maximum Gasteiger partial charge on any atom is 0.407 e. The first-order chi connectivity index (χ1) is 10.7. The Labute approximate surface area is 135 Å². The zero-order valence-corrected chi connectivity index (χ0v) is 13.9. The van der Waals surface area contributed by atoms with Crippen molar-refractivity contribution in [1.82, 2.24) is 9.88 Å². The number of carboxylic acid groups (broad SMARTS) is 1. The second-order valence-electron chi connectivity index (χ2n) is 6.66. The molecule has 2 heterocycles. The minimum Gasteiger partial charge on any atom is -0.465 e. The van der Waals surface area contributed by atoms with Crippen LogP contribution in [0.1, 0.15) is 32.2 Å². The Morgan fingerprint density at radius 2 is 2.04 bits per heavy atom. The van der Waals surface area contributed by atoms with Crippen LogP contribution in [0.2, 0.25) is 0 Å². The number of rotatable bonds is 2. The van der Waals surface area contributed by atoms with Crippen LogP contribution >= 0.6 is 0 Å². The second kappa shape index (κ2) is 6.40. The number of ether oxygens (including phenoxy) is 1. The second-order valence-corrected chi connectivity index (χ2v) is 6.66. The molecule has 124 valence electrons. The Balaban J connectivity index is 2.32. The lowest BCUT2D eigenvalue weighted by atomic mass is 9.96. The molecule has 1 aliphatic heterocycles. The molecule has 0 aromatic carbocycles. The average molecular weight is 318 g/mol. The third-order valence-electron chi connectivity index (χ3n) is 3.58. The summed E-state index contributed by atoms with van der Waals surface area (Å²) >= 11 is 0. The number of carbonyl (C=O) groups is 2. The van der Waals surface area contributed by atoms with Crippen molar-refractivity contribution in [1.29, 1.82) is 0 Å². The monoisotopic (exact) mass is 318 g/mol. The molecular weight excluding hydrogens is 296 g/mol. The summed E-state index contributed by atoms with van der Waals surface area (Å²) in [5.74, 6) is -0.367. The van der Waals surface area contributed by atoms with Gasteiger partial charge in [0.2, 0.25) is 0 Å². The highest BCUT2D eigenvalue weighted by atomic mass is 16.5. The van der Waals surface area contributed by atoms with Crippen LogP contribution in [0.4, 0.5) is 4.79 Å². The molecule has 0 radical (unpaired) electrons. The van der Waals surface area contributed by atoms with E-state index in [1.54, 1.807) is 26.8 Å². The Bertz CT molecular complexity index is 646. The van der Waals surface area contributed by atoms with Crippen molar-refractivity contribution < 1.29 is 19.4 Å². The lowest BCUT2D eigenvalue weighted by Gasteiger charge is -2.32. The average Bonchev–Trinajstić information content (AvgIpc) is 2.46. The first kappa shape index (κ1) is 17.0. The van der Waals surface area contributed by atoms with E-state index >= 15 is 0 Å². The summed E-state index contributed by atoms with van der Waals surface area (Å²) in [5.41, 5.74) is 1.66. The third kappa shape index (κ3) is 4.09. The summed E-state index contributed by atoms with van der Waals surface area (Å²) in [7, 11) is 0. The van der Waals surface area contributed by atoms with Gasteiger partial charge in [0.15, 0.2) is 0 Å². The number of hydrogen-bond acceptors (Lipinski definition) is 4. The van der Waals surface area contributed by atoms with Gasteiger partial charge in [0.1, 0.15) is 6.10 Å². The van der Waals surface area contributed by atoms with Gasteiger partial charge in [-0.05, 0) is 39.8 Å². The van der Waals surface area contributed by atoms with Crippen LogP contribution in [-0.2, 0) is 9.53 Å². The van der Waals surface area contributed by atoms with Crippen LogP contribution in [0.3, 0.4) is 0 Å². The molecule has 6 nitrogen and oxygen atoms in total. The molecule has 1 amide bonds. The van der Waals surface area contributed by atoms with Crippen molar-refractivity contribution in [3.8, 4) is 0 Å². The van der Waals surface area contributed by atoms with Crippen molar-refractivity contribution in [2.24, 2.45) is 5.41 Å². The van der Waals surface area contributed by atoms with E-state index in [1.165, 1.54) is 4.90 Å². The van der Waals surface area contributed by atoms with Crippen LogP contribution in [0.25, 0.3) is 5.57 Å². The van der Waals surface area contributed by atoms with E-state index in [4.69, 9.17) is 4.74 Å². The molecule has 2 rings (SSSR count). The van der Waals surface area contributed by atoms with Crippen LogP contribution in [0.15, 0.2) is 24.3 Å².